The molecule has 0 radical (unpaired) electrons. The number of hydrogen-bond acceptors (Lipinski definition) is 3. The molecular weight excluding hydrogens is 211 g/mol. The Kier molecular flexibility index (Phi) is 4.72. The van der Waals surface area contributed by atoms with Crippen molar-refractivity contribution in [2.45, 2.75) is 6.61 Å². The SMILES string of the molecule is CN(CCN)C(=O)OCc1ccc(F)cc1. The smallest absolute Gasteiger partial charge is 0.409 e. The molecule has 0 spiro atoms. The molecule has 0 fully saturated rings. The monoisotopic (exact) mass is 226 g/mol. The zero-order chi connectivity index (χ0) is 12.0. The van der Waals surface area contributed by atoms with E-state index in [0.717, 1.165) is 5.56 Å². The van der Waals surface area contributed by atoms with Gasteiger partial charge in [-0.25, -0.2) is 9.18 Å². The summed E-state index contributed by atoms with van der Waals surface area (Å²) in [5.74, 6) is -0.310. The quantitative estimate of drug-likeness (QED) is 0.843. The van der Waals surface area contributed by atoms with Gasteiger partial charge in [0.2, 0.25) is 0 Å². The third-order valence-corrected chi connectivity index (χ3v) is 2.05. The summed E-state index contributed by atoms with van der Waals surface area (Å²) in [5, 5.41) is 0. The van der Waals surface area contributed by atoms with E-state index in [-0.39, 0.29) is 12.4 Å². The van der Waals surface area contributed by atoms with Crippen LogP contribution in [0.15, 0.2) is 24.3 Å². The van der Waals surface area contributed by atoms with Crippen LogP contribution in [0.25, 0.3) is 0 Å². The van der Waals surface area contributed by atoms with Gasteiger partial charge in [-0.15, -0.1) is 0 Å². The van der Waals surface area contributed by atoms with Gasteiger partial charge in [0.05, 0.1) is 0 Å². The number of hydrogen-bond donors (Lipinski definition) is 1. The van der Waals surface area contributed by atoms with Crippen LogP contribution < -0.4 is 5.73 Å². The highest BCUT2D eigenvalue weighted by atomic mass is 19.1. The number of amides is 1. The molecule has 0 unspecified atom stereocenters. The van der Waals surface area contributed by atoms with Crippen molar-refractivity contribution in [1.82, 2.24) is 4.90 Å². The first-order chi connectivity index (χ1) is 7.63. The largest absolute Gasteiger partial charge is 0.445 e. The maximum atomic E-state index is 12.6. The summed E-state index contributed by atoms with van der Waals surface area (Å²) in [6, 6.07) is 5.80. The average Bonchev–Trinajstić information content (AvgIpc) is 2.28. The molecular formula is C11H15FN2O2. The van der Waals surface area contributed by atoms with Crippen LogP contribution in [-0.4, -0.2) is 31.1 Å². The van der Waals surface area contributed by atoms with Crippen LogP contribution in [0.1, 0.15) is 5.56 Å². The second-order valence-electron chi connectivity index (χ2n) is 3.39. The summed E-state index contributed by atoms with van der Waals surface area (Å²) in [6.07, 6.45) is -0.435. The molecule has 2 N–H and O–H groups in total. The van der Waals surface area contributed by atoms with Crippen LogP contribution >= 0.6 is 0 Å². The standard InChI is InChI=1S/C11H15FN2O2/c1-14(7-6-13)11(15)16-8-9-2-4-10(12)5-3-9/h2-5H,6-8,13H2,1H3. The number of nitrogens with two attached hydrogens (primary N) is 1. The minimum atomic E-state index is -0.435. The van der Waals surface area contributed by atoms with Crippen LogP contribution in [0, 0.1) is 5.82 Å². The van der Waals surface area contributed by atoms with Gasteiger partial charge in [-0.1, -0.05) is 12.1 Å². The molecule has 1 aromatic rings. The number of rotatable bonds is 4. The summed E-state index contributed by atoms with van der Waals surface area (Å²) >= 11 is 0. The molecule has 0 aliphatic carbocycles. The Hall–Kier alpha value is -1.62. The summed E-state index contributed by atoms with van der Waals surface area (Å²) in [4.78, 5) is 12.7. The molecule has 0 aromatic heterocycles. The molecule has 1 aromatic carbocycles. The number of halogens is 1. The fourth-order valence-corrected chi connectivity index (χ4v) is 1.12. The fraction of sp³-hybridized carbons (Fsp3) is 0.364. The number of ether oxygens (including phenoxy) is 1. The Balaban J connectivity index is 2.39. The van der Waals surface area contributed by atoms with E-state index in [1.54, 1.807) is 19.2 Å². The van der Waals surface area contributed by atoms with Crippen molar-refractivity contribution in [2.75, 3.05) is 20.1 Å². The lowest BCUT2D eigenvalue weighted by molar-refractivity contribution is 0.105. The number of nitrogens with zero attached hydrogens (tertiary/aromatic N) is 1. The molecule has 0 heterocycles. The summed E-state index contributed by atoms with van der Waals surface area (Å²) in [7, 11) is 1.61. The lowest BCUT2D eigenvalue weighted by Gasteiger charge is -2.15. The van der Waals surface area contributed by atoms with E-state index in [4.69, 9.17) is 10.5 Å². The molecule has 1 amide bonds. The highest BCUT2D eigenvalue weighted by Crippen LogP contribution is 2.05. The zero-order valence-electron chi connectivity index (χ0n) is 9.15. The number of likely N-dealkylation sites (N-methyl/N-ethyl adjacent to an activating group) is 1. The van der Waals surface area contributed by atoms with Crippen molar-refractivity contribution in [3.63, 3.8) is 0 Å². The van der Waals surface area contributed by atoms with Crippen molar-refractivity contribution in [3.05, 3.63) is 35.6 Å². The lowest BCUT2D eigenvalue weighted by Crippen LogP contribution is -2.32. The van der Waals surface area contributed by atoms with Crippen molar-refractivity contribution < 1.29 is 13.9 Å². The molecule has 5 heteroatoms. The summed E-state index contributed by atoms with van der Waals surface area (Å²) < 4.78 is 17.6. The molecule has 4 nitrogen and oxygen atoms in total. The van der Waals surface area contributed by atoms with Crippen molar-refractivity contribution >= 4 is 6.09 Å². The average molecular weight is 226 g/mol. The van der Waals surface area contributed by atoms with E-state index in [1.807, 2.05) is 0 Å². The Morgan fingerprint density at radius 3 is 2.62 bits per heavy atom. The third-order valence-electron chi connectivity index (χ3n) is 2.05. The van der Waals surface area contributed by atoms with E-state index >= 15 is 0 Å². The topological polar surface area (TPSA) is 55.6 Å². The summed E-state index contributed by atoms with van der Waals surface area (Å²) in [5.41, 5.74) is 6.05. The second kappa shape index (κ2) is 6.07. The molecule has 0 saturated heterocycles. The highest BCUT2D eigenvalue weighted by Gasteiger charge is 2.08. The van der Waals surface area contributed by atoms with Crippen LogP contribution in [0.2, 0.25) is 0 Å². The highest BCUT2D eigenvalue weighted by molar-refractivity contribution is 5.67. The Morgan fingerprint density at radius 2 is 2.06 bits per heavy atom. The van der Waals surface area contributed by atoms with E-state index in [2.05, 4.69) is 0 Å². The van der Waals surface area contributed by atoms with E-state index < -0.39 is 6.09 Å². The van der Waals surface area contributed by atoms with Crippen molar-refractivity contribution in [2.24, 2.45) is 5.73 Å². The maximum Gasteiger partial charge on any atom is 0.409 e. The van der Waals surface area contributed by atoms with Gasteiger partial charge < -0.3 is 15.4 Å². The predicted octanol–water partition coefficient (Wildman–Crippen LogP) is 1.35. The van der Waals surface area contributed by atoms with Gasteiger partial charge in [-0.2, -0.15) is 0 Å². The Morgan fingerprint density at radius 1 is 1.44 bits per heavy atom. The second-order valence-corrected chi connectivity index (χ2v) is 3.39. The number of carbonyl (C=O) groups excluding carboxylic acids is 1. The molecule has 0 aliphatic rings. The van der Waals surface area contributed by atoms with Crippen molar-refractivity contribution in [3.8, 4) is 0 Å². The summed E-state index contributed by atoms with van der Waals surface area (Å²) in [6.45, 7) is 0.971. The van der Waals surface area contributed by atoms with Crippen LogP contribution in [0.3, 0.4) is 0 Å². The minimum Gasteiger partial charge on any atom is -0.445 e. The first-order valence-corrected chi connectivity index (χ1v) is 4.96. The Bertz CT molecular complexity index is 340. The maximum absolute atomic E-state index is 12.6. The normalized spacial score (nSPS) is 9.94. The van der Waals surface area contributed by atoms with Crippen molar-refractivity contribution in [1.29, 1.82) is 0 Å². The van der Waals surface area contributed by atoms with Gasteiger partial charge in [0, 0.05) is 20.1 Å². The van der Waals surface area contributed by atoms with Gasteiger partial charge >= 0.3 is 6.09 Å². The van der Waals surface area contributed by atoms with Gasteiger partial charge in [0.15, 0.2) is 0 Å². The van der Waals surface area contributed by atoms with Crippen LogP contribution in [-0.2, 0) is 11.3 Å². The molecule has 0 saturated carbocycles. The van der Waals surface area contributed by atoms with Gasteiger partial charge in [0.25, 0.3) is 0 Å². The molecule has 0 atom stereocenters. The Labute approximate surface area is 93.8 Å². The lowest BCUT2D eigenvalue weighted by atomic mass is 10.2. The number of carbonyl (C=O) groups is 1. The van der Waals surface area contributed by atoms with Gasteiger partial charge in [-0.3, -0.25) is 0 Å². The fourth-order valence-electron chi connectivity index (χ4n) is 1.12. The van der Waals surface area contributed by atoms with Crippen LogP contribution in [0.5, 0.6) is 0 Å². The van der Waals surface area contributed by atoms with E-state index in [1.165, 1.54) is 17.0 Å². The molecule has 16 heavy (non-hydrogen) atoms. The predicted molar refractivity (Wildman–Crippen MR) is 58.3 cm³/mol. The molecule has 0 aliphatic heterocycles. The number of benzene rings is 1. The third kappa shape index (κ3) is 3.86. The first-order valence-electron chi connectivity index (χ1n) is 4.96. The van der Waals surface area contributed by atoms with E-state index in [0.29, 0.717) is 13.1 Å². The van der Waals surface area contributed by atoms with Gasteiger partial charge in [-0.05, 0) is 17.7 Å². The first kappa shape index (κ1) is 12.4. The zero-order valence-corrected chi connectivity index (χ0v) is 9.15. The molecule has 88 valence electrons. The van der Waals surface area contributed by atoms with Crippen LogP contribution in [0.4, 0.5) is 9.18 Å². The molecule has 0 bridgehead atoms. The minimum absolute atomic E-state index is 0.133. The van der Waals surface area contributed by atoms with E-state index in [9.17, 15) is 9.18 Å². The van der Waals surface area contributed by atoms with Gasteiger partial charge in [0.1, 0.15) is 12.4 Å². The molecule has 1 rings (SSSR count).